The molecule has 4 nitrogen and oxygen atoms in total. The summed E-state index contributed by atoms with van der Waals surface area (Å²) >= 11 is 0. The molecule has 4 aromatic rings. The molecule has 4 heteroatoms. The van der Waals surface area contributed by atoms with Crippen molar-refractivity contribution in [1.29, 1.82) is 0 Å². The van der Waals surface area contributed by atoms with Gasteiger partial charge in [-0.25, -0.2) is 4.99 Å². The highest BCUT2D eigenvalue weighted by molar-refractivity contribution is 6.56. The summed E-state index contributed by atoms with van der Waals surface area (Å²) in [6.45, 7) is 0. The van der Waals surface area contributed by atoms with Gasteiger partial charge >= 0.3 is 0 Å². The minimum atomic E-state index is -0.122. The Morgan fingerprint density at radius 1 is 0.778 bits per heavy atom. The van der Waals surface area contributed by atoms with Gasteiger partial charge in [0.05, 0.1) is 16.9 Å². The van der Waals surface area contributed by atoms with Crippen molar-refractivity contribution >= 4 is 39.6 Å². The van der Waals surface area contributed by atoms with Gasteiger partial charge < -0.3 is 0 Å². The average molecular weight is 349 g/mol. The Hall–Kier alpha value is -3.79. The Morgan fingerprint density at radius 2 is 1.59 bits per heavy atom. The fourth-order valence-electron chi connectivity index (χ4n) is 3.45. The lowest BCUT2D eigenvalue weighted by molar-refractivity contribution is -0.111. The largest absolute Gasteiger partial charge is 0.282 e. The summed E-state index contributed by atoms with van der Waals surface area (Å²) in [5.41, 5.74) is 4.58. The van der Waals surface area contributed by atoms with Gasteiger partial charge in [0.15, 0.2) is 0 Å². The normalized spacial score (nSPS) is 14.7. The van der Waals surface area contributed by atoms with Crippen LogP contribution in [0.2, 0.25) is 0 Å². The lowest BCUT2D eigenvalue weighted by Gasteiger charge is -2.16. The summed E-state index contributed by atoms with van der Waals surface area (Å²) in [5.74, 6) is -0.122. The summed E-state index contributed by atoms with van der Waals surface area (Å²) in [4.78, 5) is 24.2. The number of rotatable bonds is 2. The third-order valence-electron chi connectivity index (χ3n) is 4.68. The van der Waals surface area contributed by atoms with Crippen LogP contribution in [0.3, 0.4) is 0 Å². The first-order chi connectivity index (χ1) is 13.3. The van der Waals surface area contributed by atoms with E-state index in [9.17, 15) is 4.79 Å². The molecule has 2 heterocycles. The van der Waals surface area contributed by atoms with Gasteiger partial charge in [0.1, 0.15) is 5.71 Å². The van der Waals surface area contributed by atoms with Crippen LogP contribution in [0.5, 0.6) is 0 Å². The second kappa shape index (κ2) is 6.18. The average Bonchev–Trinajstić information content (AvgIpc) is 3.00. The molecule has 1 aromatic heterocycles. The minimum absolute atomic E-state index is 0.122. The van der Waals surface area contributed by atoms with Crippen LogP contribution in [0.4, 0.5) is 17.1 Å². The molecule has 128 valence electrons. The molecule has 0 bridgehead atoms. The molecule has 0 radical (unpaired) electrons. The molecule has 1 aliphatic rings. The van der Waals surface area contributed by atoms with Crippen molar-refractivity contribution in [2.75, 3.05) is 4.90 Å². The number of hydrogen-bond donors (Lipinski definition) is 0. The number of pyridine rings is 1. The van der Waals surface area contributed by atoms with E-state index in [2.05, 4.69) is 4.98 Å². The van der Waals surface area contributed by atoms with Gasteiger partial charge in [-0.2, -0.15) is 0 Å². The smallest absolute Gasteiger partial charge is 0.275 e. The zero-order valence-corrected chi connectivity index (χ0v) is 14.4. The zero-order chi connectivity index (χ0) is 18.2. The highest BCUT2D eigenvalue weighted by Crippen LogP contribution is 2.37. The van der Waals surface area contributed by atoms with Crippen LogP contribution in [0.1, 0.15) is 5.56 Å². The highest BCUT2D eigenvalue weighted by atomic mass is 16.2. The number of benzene rings is 3. The SMILES string of the molecule is O=C1/C(=N/c2cccc3ncccc23)c2ccccc2N1c1ccccc1. The van der Waals surface area contributed by atoms with Crippen molar-refractivity contribution in [1.82, 2.24) is 4.98 Å². The molecular weight excluding hydrogens is 334 g/mol. The Bertz CT molecular complexity index is 1190. The molecule has 1 aliphatic heterocycles. The molecule has 0 unspecified atom stereocenters. The highest BCUT2D eigenvalue weighted by Gasteiger charge is 2.34. The molecule has 0 atom stereocenters. The molecule has 0 fully saturated rings. The number of anilines is 2. The predicted octanol–water partition coefficient (Wildman–Crippen LogP) is 5.03. The number of hydrogen-bond acceptors (Lipinski definition) is 3. The molecule has 0 saturated heterocycles. The van der Waals surface area contributed by atoms with Crippen molar-refractivity contribution in [2.45, 2.75) is 0 Å². The second-order valence-electron chi connectivity index (χ2n) is 6.30. The molecule has 0 spiro atoms. The first-order valence-corrected chi connectivity index (χ1v) is 8.74. The zero-order valence-electron chi connectivity index (χ0n) is 14.4. The van der Waals surface area contributed by atoms with E-state index in [4.69, 9.17) is 4.99 Å². The number of fused-ring (bicyclic) bond motifs is 2. The standard InChI is InChI=1S/C23H15N3O/c27-23-22(25-20-13-6-12-19-17(20)11-7-15-24-19)18-10-4-5-14-21(18)26(23)16-8-2-1-3-9-16/h1-15H/b25-22+. The summed E-state index contributed by atoms with van der Waals surface area (Å²) in [7, 11) is 0. The van der Waals surface area contributed by atoms with E-state index >= 15 is 0 Å². The molecule has 3 aromatic carbocycles. The van der Waals surface area contributed by atoms with Gasteiger partial charge in [0.25, 0.3) is 5.91 Å². The molecule has 0 N–H and O–H groups in total. The van der Waals surface area contributed by atoms with Crippen molar-refractivity contribution < 1.29 is 4.79 Å². The number of para-hydroxylation sites is 2. The van der Waals surface area contributed by atoms with Crippen LogP contribution in [0.15, 0.2) is 96.1 Å². The summed E-state index contributed by atoms with van der Waals surface area (Å²) < 4.78 is 0. The predicted molar refractivity (Wildman–Crippen MR) is 108 cm³/mol. The first kappa shape index (κ1) is 15.5. The first-order valence-electron chi connectivity index (χ1n) is 8.74. The molecule has 27 heavy (non-hydrogen) atoms. The van der Waals surface area contributed by atoms with Crippen LogP contribution < -0.4 is 4.90 Å². The fraction of sp³-hybridized carbons (Fsp3) is 0. The molecule has 0 saturated carbocycles. The molecule has 5 rings (SSSR count). The van der Waals surface area contributed by atoms with E-state index in [1.165, 1.54) is 0 Å². The van der Waals surface area contributed by atoms with E-state index < -0.39 is 0 Å². The lowest BCUT2D eigenvalue weighted by atomic mass is 10.1. The third-order valence-corrected chi connectivity index (χ3v) is 4.68. The van der Waals surface area contributed by atoms with Crippen molar-refractivity contribution in [3.05, 3.63) is 96.7 Å². The van der Waals surface area contributed by atoms with Crippen LogP contribution in [0.25, 0.3) is 10.9 Å². The maximum Gasteiger partial charge on any atom is 0.282 e. The van der Waals surface area contributed by atoms with Gasteiger partial charge in [-0.05, 0) is 42.5 Å². The Labute approximate surface area is 156 Å². The van der Waals surface area contributed by atoms with Gasteiger partial charge in [-0.1, -0.05) is 42.5 Å². The van der Waals surface area contributed by atoms with E-state index in [0.29, 0.717) is 5.71 Å². The minimum Gasteiger partial charge on any atom is -0.275 e. The van der Waals surface area contributed by atoms with E-state index in [1.807, 2.05) is 84.9 Å². The van der Waals surface area contributed by atoms with Gasteiger partial charge in [-0.15, -0.1) is 0 Å². The van der Waals surface area contributed by atoms with Gasteiger partial charge in [-0.3, -0.25) is 14.7 Å². The summed E-state index contributed by atoms with van der Waals surface area (Å²) in [6.07, 6.45) is 1.76. The van der Waals surface area contributed by atoms with Gasteiger partial charge in [0.2, 0.25) is 0 Å². The quantitative estimate of drug-likeness (QED) is 0.509. The molecular formula is C23H15N3O. The summed E-state index contributed by atoms with van der Waals surface area (Å²) in [6, 6.07) is 27.0. The number of nitrogens with zero attached hydrogens (tertiary/aromatic N) is 3. The maximum absolute atomic E-state index is 13.3. The molecule has 0 aliphatic carbocycles. The third kappa shape index (κ3) is 2.50. The number of carbonyl (C=O) groups is 1. The Morgan fingerprint density at radius 3 is 2.48 bits per heavy atom. The van der Waals surface area contributed by atoms with Crippen LogP contribution in [0, 0.1) is 0 Å². The number of aromatic nitrogens is 1. The van der Waals surface area contributed by atoms with E-state index in [-0.39, 0.29) is 5.91 Å². The number of amides is 1. The maximum atomic E-state index is 13.3. The van der Waals surface area contributed by atoms with Crippen molar-refractivity contribution in [3.8, 4) is 0 Å². The van der Waals surface area contributed by atoms with Crippen molar-refractivity contribution in [2.24, 2.45) is 4.99 Å². The lowest BCUT2D eigenvalue weighted by Crippen LogP contribution is -2.25. The van der Waals surface area contributed by atoms with Gasteiger partial charge in [0, 0.05) is 22.8 Å². The van der Waals surface area contributed by atoms with Crippen LogP contribution in [-0.4, -0.2) is 16.6 Å². The van der Waals surface area contributed by atoms with E-state index in [1.54, 1.807) is 11.1 Å². The Balaban J connectivity index is 1.71. The second-order valence-corrected chi connectivity index (χ2v) is 6.30. The van der Waals surface area contributed by atoms with Crippen LogP contribution in [-0.2, 0) is 4.79 Å². The number of carbonyl (C=O) groups excluding carboxylic acids is 1. The summed E-state index contributed by atoms with van der Waals surface area (Å²) in [5, 5.41) is 0.927. The number of aliphatic imine (C=N–C) groups is 1. The molecule has 1 amide bonds. The topological polar surface area (TPSA) is 45.6 Å². The Kier molecular flexibility index (Phi) is 3.54. The fourth-order valence-corrected chi connectivity index (χ4v) is 3.45. The van der Waals surface area contributed by atoms with Crippen LogP contribution >= 0.6 is 0 Å². The van der Waals surface area contributed by atoms with E-state index in [0.717, 1.165) is 33.5 Å². The van der Waals surface area contributed by atoms with Crippen molar-refractivity contribution in [3.63, 3.8) is 0 Å². The monoisotopic (exact) mass is 349 g/mol.